The topological polar surface area (TPSA) is 41.9 Å². The minimum absolute atomic E-state index is 0.00710. The van der Waals surface area contributed by atoms with Crippen LogP contribution in [-0.2, 0) is 9.63 Å². The van der Waals surface area contributed by atoms with Crippen LogP contribution in [0.3, 0.4) is 0 Å². The van der Waals surface area contributed by atoms with Gasteiger partial charge in [-0.2, -0.15) is 0 Å². The first-order valence-electron chi connectivity index (χ1n) is 7.47. The van der Waals surface area contributed by atoms with Gasteiger partial charge in [-0.3, -0.25) is 4.79 Å². The van der Waals surface area contributed by atoms with Crippen molar-refractivity contribution in [2.75, 3.05) is 13.6 Å². The first-order chi connectivity index (χ1) is 10.2. The number of hydrogen-bond acceptors (Lipinski definition) is 3. The maximum Gasteiger partial charge on any atom is 0.222 e. The summed E-state index contributed by atoms with van der Waals surface area (Å²) in [4.78, 5) is 19.3. The molecule has 4 nitrogen and oxygen atoms in total. The van der Waals surface area contributed by atoms with Gasteiger partial charge in [0.2, 0.25) is 5.91 Å². The van der Waals surface area contributed by atoms with Crippen LogP contribution in [-0.4, -0.2) is 36.2 Å². The van der Waals surface area contributed by atoms with Gasteiger partial charge in [0.15, 0.2) is 6.10 Å². The summed E-state index contributed by atoms with van der Waals surface area (Å²) in [6.07, 6.45) is 1.15. The Morgan fingerprint density at radius 1 is 1.36 bits per heavy atom. The zero-order chi connectivity index (χ0) is 16.3. The molecular formula is C17H23ClN2O2. The predicted molar refractivity (Wildman–Crippen MR) is 89.2 cm³/mol. The number of benzene rings is 1. The number of oxime groups is 1. The van der Waals surface area contributed by atoms with Crippen molar-refractivity contribution in [3.8, 4) is 0 Å². The Hall–Kier alpha value is -1.55. The highest BCUT2D eigenvalue weighted by atomic mass is 35.5. The molecule has 0 spiro atoms. The standard InChI is InChI=1S/C17H23ClN2O2/c1-17(2,3)10-16(21)20(4)11-14-9-15(19-22-14)12-5-7-13(18)8-6-12/h5-8,14H,9-11H2,1-4H3. The Morgan fingerprint density at radius 3 is 2.59 bits per heavy atom. The lowest BCUT2D eigenvalue weighted by Gasteiger charge is -2.24. The molecule has 1 aliphatic rings. The maximum atomic E-state index is 12.2. The van der Waals surface area contributed by atoms with Crippen molar-refractivity contribution in [2.24, 2.45) is 10.6 Å². The van der Waals surface area contributed by atoms with E-state index in [4.69, 9.17) is 16.4 Å². The lowest BCUT2D eigenvalue weighted by Crippen LogP contribution is -2.36. The molecule has 1 atom stereocenters. The molecule has 1 amide bonds. The first-order valence-corrected chi connectivity index (χ1v) is 7.85. The maximum absolute atomic E-state index is 12.2. The minimum Gasteiger partial charge on any atom is -0.390 e. The van der Waals surface area contributed by atoms with Crippen LogP contribution < -0.4 is 0 Å². The van der Waals surface area contributed by atoms with E-state index < -0.39 is 0 Å². The van der Waals surface area contributed by atoms with Crippen molar-refractivity contribution in [1.82, 2.24) is 4.90 Å². The van der Waals surface area contributed by atoms with E-state index in [1.54, 1.807) is 4.90 Å². The van der Waals surface area contributed by atoms with E-state index in [2.05, 4.69) is 25.9 Å². The quantitative estimate of drug-likeness (QED) is 0.847. The second kappa shape index (κ2) is 6.69. The second-order valence-electron chi connectivity index (χ2n) is 6.99. The molecule has 1 heterocycles. The van der Waals surface area contributed by atoms with Crippen LogP contribution in [0.1, 0.15) is 39.2 Å². The van der Waals surface area contributed by atoms with Crippen LogP contribution in [0.5, 0.6) is 0 Å². The Morgan fingerprint density at radius 2 is 2.00 bits per heavy atom. The third kappa shape index (κ3) is 4.73. The lowest BCUT2D eigenvalue weighted by molar-refractivity contribution is -0.133. The zero-order valence-corrected chi connectivity index (χ0v) is 14.4. The van der Waals surface area contributed by atoms with Crippen molar-refractivity contribution in [2.45, 2.75) is 39.7 Å². The van der Waals surface area contributed by atoms with Crippen LogP contribution in [0.4, 0.5) is 0 Å². The number of rotatable bonds is 4. The smallest absolute Gasteiger partial charge is 0.222 e. The van der Waals surface area contributed by atoms with Gasteiger partial charge in [-0.1, -0.05) is 49.7 Å². The molecule has 0 fully saturated rings. The monoisotopic (exact) mass is 322 g/mol. The van der Waals surface area contributed by atoms with Crippen LogP contribution in [0, 0.1) is 5.41 Å². The number of halogens is 1. The number of carbonyl (C=O) groups is 1. The van der Waals surface area contributed by atoms with E-state index in [1.165, 1.54) is 0 Å². The van der Waals surface area contributed by atoms with E-state index >= 15 is 0 Å². The third-order valence-corrected chi connectivity index (χ3v) is 3.75. The van der Waals surface area contributed by atoms with Crippen LogP contribution >= 0.6 is 11.6 Å². The average Bonchev–Trinajstić information content (AvgIpc) is 2.86. The van der Waals surface area contributed by atoms with Crippen molar-refractivity contribution in [1.29, 1.82) is 0 Å². The van der Waals surface area contributed by atoms with Crippen molar-refractivity contribution < 1.29 is 9.63 Å². The normalized spacial score (nSPS) is 17.9. The summed E-state index contributed by atoms with van der Waals surface area (Å²) in [5, 5.41) is 4.84. The molecule has 1 aromatic carbocycles. The molecule has 2 rings (SSSR count). The first kappa shape index (κ1) is 16.8. The molecule has 1 unspecified atom stereocenters. The largest absolute Gasteiger partial charge is 0.390 e. The fourth-order valence-corrected chi connectivity index (χ4v) is 2.46. The number of nitrogens with zero attached hydrogens (tertiary/aromatic N) is 2. The van der Waals surface area contributed by atoms with E-state index in [0.717, 1.165) is 11.3 Å². The molecule has 0 radical (unpaired) electrons. The molecule has 0 aromatic heterocycles. The van der Waals surface area contributed by atoms with Gasteiger partial charge >= 0.3 is 0 Å². The molecular weight excluding hydrogens is 300 g/mol. The molecule has 120 valence electrons. The highest BCUT2D eigenvalue weighted by molar-refractivity contribution is 6.30. The third-order valence-electron chi connectivity index (χ3n) is 3.50. The van der Waals surface area contributed by atoms with Gasteiger partial charge in [0.25, 0.3) is 0 Å². The van der Waals surface area contributed by atoms with Gasteiger partial charge in [-0.05, 0) is 23.1 Å². The zero-order valence-electron chi connectivity index (χ0n) is 13.6. The SMILES string of the molecule is CN(CC1CC(c2ccc(Cl)cc2)=NO1)C(=O)CC(C)(C)C. The lowest BCUT2D eigenvalue weighted by atomic mass is 9.91. The summed E-state index contributed by atoms with van der Waals surface area (Å²) in [5.41, 5.74) is 1.90. The fraction of sp³-hybridized carbons (Fsp3) is 0.529. The molecule has 0 saturated heterocycles. The van der Waals surface area contributed by atoms with Gasteiger partial charge < -0.3 is 9.74 Å². The van der Waals surface area contributed by atoms with E-state index in [0.29, 0.717) is 24.4 Å². The number of likely N-dealkylation sites (N-methyl/N-ethyl adjacent to an activating group) is 1. The van der Waals surface area contributed by atoms with Gasteiger partial charge in [0.1, 0.15) is 0 Å². The summed E-state index contributed by atoms with van der Waals surface area (Å²) in [5.74, 6) is 0.135. The summed E-state index contributed by atoms with van der Waals surface area (Å²) < 4.78 is 0. The van der Waals surface area contributed by atoms with E-state index in [9.17, 15) is 4.79 Å². The summed E-state index contributed by atoms with van der Waals surface area (Å²) in [6.45, 7) is 6.74. The van der Waals surface area contributed by atoms with Gasteiger partial charge in [0, 0.05) is 24.9 Å². The minimum atomic E-state index is -0.0837. The number of carbonyl (C=O) groups excluding carboxylic acids is 1. The Labute approximate surface area is 137 Å². The van der Waals surface area contributed by atoms with Gasteiger partial charge in [0.05, 0.1) is 12.3 Å². The molecule has 0 bridgehead atoms. The highest BCUT2D eigenvalue weighted by Gasteiger charge is 2.26. The Kier molecular flexibility index (Phi) is 5.12. The Balaban J connectivity index is 1.87. The second-order valence-corrected chi connectivity index (χ2v) is 7.42. The number of hydrogen-bond donors (Lipinski definition) is 0. The summed E-state index contributed by atoms with van der Waals surface area (Å²) >= 11 is 5.89. The molecule has 5 heteroatoms. The van der Waals surface area contributed by atoms with Gasteiger partial charge in [-0.15, -0.1) is 0 Å². The van der Waals surface area contributed by atoms with Crippen LogP contribution in [0.2, 0.25) is 5.02 Å². The van der Waals surface area contributed by atoms with Crippen molar-refractivity contribution in [3.05, 3.63) is 34.9 Å². The Bertz CT molecular complexity index is 561. The van der Waals surface area contributed by atoms with E-state index in [-0.39, 0.29) is 17.4 Å². The molecule has 22 heavy (non-hydrogen) atoms. The highest BCUT2D eigenvalue weighted by Crippen LogP contribution is 2.22. The fourth-order valence-electron chi connectivity index (χ4n) is 2.33. The molecule has 0 aliphatic carbocycles. The molecule has 0 N–H and O–H groups in total. The van der Waals surface area contributed by atoms with Crippen molar-refractivity contribution >= 4 is 23.2 Å². The summed E-state index contributed by atoms with van der Waals surface area (Å²) in [7, 11) is 1.82. The summed E-state index contributed by atoms with van der Waals surface area (Å²) in [6, 6.07) is 7.54. The van der Waals surface area contributed by atoms with Crippen molar-refractivity contribution in [3.63, 3.8) is 0 Å². The predicted octanol–water partition coefficient (Wildman–Crippen LogP) is 3.73. The van der Waals surface area contributed by atoms with E-state index in [1.807, 2.05) is 31.3 Å². The molecule has 1 aliphatic heterocycles. The van der Waals surface area contributed by atoms with Crippen LogP contribution in [0.25, 0.3) is 0 Å². The molecule has 0 saturated carbocycles. The van der Waals surface area contributed by atoms with Gasteiger partial charge in [-0.25, -0.2) is 0 Å². The molecule has 1 aromatic rings. The number of amides is 1. The van der Waals surface area contributed by atoms with Crippen LogP contribution in [0.15, 0.2) is 29.4 Å². The average molecular weight is 323 g/mol.